The quantitative estimate of drug-likeness (QED) is 0.774. The Hall–Kier alpha value is -2.52. The van der Waals surface area contributed by atoms with Gasteiger partial charge in [-0.2, -0.15) is 15.0 Å². The van der Waals surface area contributed by atoms with Gasteiger partial charge in [0.2, 0.25) is 23.1 Å². The van der Waals surface area contributed by atoms with E-state index in [4.69, 9.17) is 16.3 Å². The van der Waals surface area contributed by atoms with Crippen LogP contribution >= 0.6 is 11.6 Å². The maximum Gasteiger partial charge on any atom is 0.245 e. The van der Waals surface area contributed by atoms with Gasteiger partial charge in [-0.25, -0.2) is 4.39 Å². The Kier molecular flexibility index (Phi) is 6.59. The Labute approximate surface area is 179 Å². The predicted octanol–water partition coefficient (Wildman–Crippen LogP) is 2.49. The molecule has 2 aromatic rings. The third kappa shape index (κ3) is 4.96. The summed E-state index contributed by atoms with van der Waals surface area (Å²) in [6.45, 7) is 3.33. The number of morpholine rings is 1. The first-order chi connectivity index (χ1) is 14.6. The summed E-state index contributed by atoms with van der Waals surface area (Å²) < 4.78 is 18.8. The predicted molar refractivity (Wildman–Crippen MR) is 111 cm³/mol. The lowest BCUT2D eigenvalue weighted by Gasteiger charge is -2.38. The number of piperidine rings is 1. The highest BCUT2D eigenvalue weighted by molar-refractivity contribution is 6.28. The molecule has 1 N–H and O–H groups in total. The number of hydrogen-bond donors (Lipinski definition) is 1. The molecule has 0 saturated carbocycles. The minimum Gasteiger partial charge on any atom is -0.378 e. The molecule has 0 spiro atoms. The van der Waals surface area contributed by atoms with Crippen molar-refractivity contribution in [2.24, 2.45) is 0 Å². The zero-order chi connectivity index (χ0) is 20.9. The van der Waals surface area contributed by atoms with E-state index in [1.54, 1.807) is 12.1 Å². The summed E-state index contributed by atoms with van der Waals surface area (Å²) in [5.41, 5.74) is 0.756. The SMILES string of the molecule is O=C(C1CCCCN1c1nc(Cl)nc(NCc2cccc(F)c2)n1)N1CCOCC1. The number of benzene rings is 1. The highest BCUT2D eigenvalue weighted by Gasteiger charge is 2.34. The summed E-state index contributed by atoms with van der Waals surface area (Å²) in [4.78, 5) is 29.8. The summed E-state index contributed by atoms with van der Waals surface area (Å²) in [5.74, 6) is 0.436. The molecule has 30 heavy (non-hydrogen) atoms. The summed E-state index contributed by atoms with van der Waals surface area (Å²) in [5, 5.41) is 3.11. The van der Waals surface area contributed by atoms with Gasteiger partial charge in [0.15, 0.2) is 0 Å². The minimum absolute atomic E-state index is 0.0462. The number of carbonyl (C=O) groups excluding carboxylic acids is 1. The fraction of sp³-hybridized carbons (Fsp3) is 0.500. The van der Waals surface area contributed by atoms with Gasteiger partial charge in [0, 0.05) is 26.2 Å². The molecular weight excluding hydrogens is 411 g/mol. The number of amides is 1. The normalized spacial score (nSPS) is 19.6. The lowest BCUT2D eigenvalue weighted by molar-refractivity contribution is -0.137. The van der Waals surface area contributed by atoms with E-state index in [0.717, 1.165) is 24.8 Å². The van der Waals surface area contributed by atoms with E-state index in [1.165, 1.54) is 12.1 Å². The second kappa shape index (κ2) is 9.53. The molecule has 2 saturated heterocycles. The molecular formula is C20H24ClFN6O2. The number of nitrogens with one attached hydrogen (secondary N) is 1. The van der Waals surface area contributed by atoms with Gasteiger partial charge in [-0.15, -0.1) is 0 Å². The Balaban J connectivity index is 1.51. The van der Waals surface area contributed by atoms with Crippen molar-refractivity contribution in [2.75, 3.05) is 43.1 Å². The number of halogens is 2. The Bertz CT molecular complexity index is 895. The molecule has 160 valence electrons. The van der Waals surface area contributed by atoms with E-state index in [2.05, 4.69) is 20.3 Å². The first-order valence-electron chi connectivity index (χ1n) is 10.1. The average molecular weight is 435 g/mol. The van der Waals surface area contributed by atoms with E-state index in [9.17, 15) is 9.18 Å². The smallest absolute Gasteiger partial charge is 0.245 e. The molecule has 1 amide bonds. The van der Waals surface area contributed by atoms with Gasteiger partial charge in [0.05, 0.1) is 13.2 Å². The molecule has 1 unspecified atom stereocenters. The minimum atomic E-state index is -0.327. The van der Waals surface area contributed by atoms with Crippen LogP contribution in [0, 0.1) is 5.82 Å². The molecule has 1 aromatic heterocycles. The first kappa shape index (κ1) is 20.7. The third-order valence-electron chi connectivity index (χ3n) is 5.30. The van der Waals surface area contributed by atoms with Crippen LogP contribution in [0.3, 0.4) is 0 Å². The second-order valence-corrected chi connectivity index (χ2v) is 7.69. The zero-order valence-electron chi connectivity index (χ0n) is 16.6. The van der Waals surface area contributed by atoms with E-state index in [1.807, 2.05) is 9.80 Å². The molecule has 2 aliphatic heterocycles. The van der Waals surface area contributed by atoms with Crippen molar-refractivity contribution in [1.29, 1.82) is 0 Å². The fourth-order valence-electron chi connectivity index (χ4n) is 3.80. The van der Waals surface area contributed by atoms with Crippen LogP contribution in [0.15, 0.2) is 24.3 Å². The van der Waals surface area contributed by atoms with Crippen LogP contribution in [-0.2, 0) is 16.1 Å². The summed E-state index contributed by atoms with van der Waals surface area (Å²) in [6, 6.07) is 5.96. The lowest BCUT2D eigenvalue weighted by Crippen LogP contribution is -2.54. The first-order valence-corrected chi connectivity index (χ1v) is 10.5. The number of hydrogen-bond acceptors (Lipinski definition) is 7. The molecule has 3 heterocycles. The summed E-state index contributed by atoms with van der Waals surface area (Å²) in [7, 11) is 0. The summed E-state index contributed by atoms with van der Waals surface area (Å²) in [6.07, 6.45) is 2.66. The van der Waals surface area contributed by atoms with Crippen molar-refractivity contribution in [3.63, 3.8) is 0 Å². The molecule has 1 atom stereocenters. The van der Waals surface area contributed by atoms with Crippen molar-refractivity contribution in [2.45, 2.75) is 31.8 Å². The summed E-state index contributed by atoms with van der Waals surface area (Å²) >= 11 is 6.15. The number of nitrogens with zero attached hydrogens (tertiary/aromatic N) is 5. The van der Waals surface area contributed by atoms with Gasteiger partial charge < -0.3 is 19.9 Å². The van der Waals surface area contributed by atoms with Gasteiger partial charge in [-0.1, -0.05) is 12.1 Å². The lowest BCUT2D eigenvalue weighted by atomic mass is 10.0. The standard InChI is InChI=1S/C20H24ClFN6O2/c21-18-24-19(23-13-14-4-3-5-15(22)12-14)26-20(25-18)28-7-2-1-6-16(28)17(29)27-8-10-30-11-9-27/h3-5,12,16H,1-2,6-11,13H2,(H,23,24,25,26). The Morgan fingerprint density at radius 1 is 1.20 bits per heavy atom. The van der Waals surface area contributed by atoms with E-state index < -0.39 is 0 Å². The molecule has 8 nitrogen and oxygen atoms in total. The highest BCUT2D eigenvalue weighted by Crippen LogP contribution is 2.25. The second-order valence-electron chi connectivity index (χ2n) is 7.35. The molecule has 2 fully saturated rings. The maximum atomic E-state index is 13.4. The number of anilines is 2. The molecule has 10 heteroatoms. The van der Waals surface area contributed by atoms with Gasteiger partial charge in [-0.05, 0) is 48.6 Å². The van der Waals surface area contributed by atoms with Crippen molar-refractivity contribution in [1.82, 2.24) is 19.9 Å². The van der Waals surface area contributed by atoms with Crippen molar-refractivity contribution >= 4 is 29.4 Å². The van der Waals surface area contributed by atoms with E-state index >= 15 is 0 Å². The van der Waals surface area contributed by atoms with Crippen molar-refractivity contribution in [3.8, 4) is 0 Å². The third-order valence-corrected chi connectivity index (χ3v) is 5.47. The molecule has 0 aliphatic carbocycles. The van der Waals surface area contributed by atoms with Crippen molar-refractivity contribution < 1.29 is 13.9 Å². The molecule has 4 rings (SSSR count). The van der Waals surface area contributed by atoms with Crippen LogP contribution < -0.4 is 10.2 Å². The van der Waals surface area contributed by atoms with Crippen LogP contribution in [0.5, 0.6) is 0 Å². The number of aromatic nitrogens is 3. The van der Waals surface area contributed by atoms with Crippen LogP contribution in [0.4, 0.5) is 16.3 Å². The average Bonchev–Trinajstić information content (AvgIpc) is 2.77. The Morgan fingerprint density at radius 2 is 2.03 bits per heavy atom. The molecule has 2 aliphatic rings. The van der Waals surface area contributed by atoms with Crippen LogP contribution in [-0.4, -0.2) is 64.6 Å². The van der Waals surface area contributed by atoms with Crippen LogP contribution in [0.1, 0.15) is 24.8 Å². The topological polar surface area (TPSA) is 83.5 Å². The molecule has 0 radical (unpaired) electrons. The van der Waals surface area contributed by atoms with Gasteiger partial charge in [0.1, 0.15) is 11.9 Å². The highest BCUT2D eigenvalue weighted by atomic mass is 35.5. The molecule has 0 bridgehead atoms. The number of carbonyl (C=O) groups is 1. The van der Waals surface area contributed by atoms with E-state index in [-0.39, 0.29) is 29.0 Å². The number of rotatable bonds is 5. The molecule has 1 aromatic carbocycles. The Morgan fingerprint density at radius 3 is 2.83 bits per heavy atom. The largest absolute Gasteiger partial charge is 0.378 e. The van der Waals surface area contributed by atoms with Gasteiger partial charge in [-0.3, -0.25) is 4.79 Å². The monoisotopic (exact) mass is 434 g/mol. The van der Waals surface area contributed by atoms with Crippen LogP contribution in [0.2, 0.25) is 5.28 Å². The number of ether oxygens (including phenoxy) is 1. The van der Waals surface area contributed by atoms with Crippen LogP contribution in [0.25, 0.3) is 0 Å². The van der Waals surface area contributed by atoms with Gasteiger partial charge >= 0.3 is 0 Å². The van der Waals surface area contributed by atoms with Gasteiger partial charge in [0.25, 0.3) is 0 Å². The zero-order valence-corrected chi connectivity index (χ0v) is 17.3. The maximum absolute atomic E-state index is 13.4. The van der Waals surface area contributed by atoms with E-state index in [0.29, 0.717) is 45.3 Å². The van der Waals surface area contributed by atoms with Crippen molar-refractivity contribution in [3.05, 3.63) is 40.9 Å². The fourth-order valence-corrected chi connectivity index (χ4v) is 3.95.